The van der Waals surface area contributed by atoms with Gasteiger partial charge < -0.3 is 9.47 Å². The first-order valence-electron chi connectivity index (χ1n) is 9.34. The van der Waals surface area contributed by atoms with Crippen LogP contribution in [0.3, 0.4) is 0 Å². The monoisotopic (exact) mass is 390 g/mol. The van der Waals surface area contributed by atoms with Gasteiger partial charge in [0.25, 0.3) is 0 Å². The lowest BCUT2D eigenvalue weighted by Gasteiger charge is -2.31. The van der Waals surface area contributed by atoms with Crippen LogP contribution in [-0.4, -0.2) is 18.2 Å². The molecule has 0 spiro atoms. The van der Waals surface area contributed by atoms with E-state index in [1.54, 1.807) is 38.1 Å². The quantitative estimate of drug-likeness (QED) is 0.543. The second kappa shape index (κ2) is 8.29. The van der Waals surface area contributed by atoms with Crippen molar-refractivity contribution in [2.75, 3.05) is 6.61 Å². The zero-order chi connectivity index (χ0) is 21.1. The van der Waals surface area contributed by atoms with E-state index < -0.39 is 23.2 Å². The van der Waals surface area contributed by atoms with Crippen LogP contribution in [0.15, 0.2) is 42.5 Å². The molecule has 0 atom stereocenters. The molecule has 0 radical (unpaired) electrons. The summed E-state index contributed by atoms with van der Waals surface area (Å²) in [7, 11) is 0. The zero-order valence-corrected chi connectivity index (χ0v) is 17.3. The molecule has 0 aliphatic rings. The molecule has 0 unspecified atom stereocenters. The van der Waals surface area contributed by atoms with Crippen molar-refractivity contribution in [1.82, 2.24) is 0 Å². The second-order valence-corrected chi connectivity index (χ2v) is 8.48. The fourth-order valence-corrected chi connectivity index (χ4v) is 2.35. The van der Waals surface area contributed by atoms with Crippen LogP contribution in [0, 0.1) is 23.0 Å². The van der Waals surface area contributed by atoms with Crippen molar-refractivity contribution >= 4 is 5.97 Å². The van der Waals surface area contributed by atoms with Gasteiger partial charge in [0.05, 0.1) is 6.61 Å². The van der Waals surface area contributed by atoms with E-state index in [0.29, 0.717) is 29.4 Å². The van der Waals surface area contributed by atoms with Crippen LogP contribution in [0.2, 0.25) is 0 Å². The van der Waals surface area contributed by atoms with Gasteiger partial charge >= 0.3 is 5.97 Å². The van der Waals surface area contributed by atoms with Crippen molar-refractivity contribution in [2.24, 2.45) is 11.3 Å². The molecule has 152 valence electrons. The summed E-state index contributed by atoms with van der Waals surface area (Å²) in [6.45, 7) is 11.9. The van der Waals surface area contributed by atoms with E-state index in [9.17, 15) is 13.6 Å². The van der Waals surface area contributed by atoms with Gasteiger partial charge in [-0.3, -0.25) is 0 Å². The molecule has 0 aliphatic heterocycles. The molecule has 2 rings (SSSR count). The maximum atomic E-state index is 13.9. The van der Waals surface area contributed by atoms with Crippen LogP contribution in [0.4, 0.5) is 8.78 Å². The number of carbonyl (C=O) groups is 1. The molecule has 0 heterocycles. The van der Waals surface area contributed by atoms with E-state index in [1.807, 2.05) is 13.8 Å². The first kappa shape index (κ1) is 21.9. The molecular weight excluding hydrogens is 362 g/mol. The Hall–Kier alpha value is -2.43. The van der Waals surface area contributed by atoms with Gasteiger partial charge in [0, 0.05) is 17.0 Å². The van der Waals surface area contributed by atoms with E-state index in [-0.39, 0.29) is 5.41 Å². The van der Waals surface area contributed by atoms with E-state index >= 15 is 0 Å². The highest BCUT2D eigenvalue weighted by atomic mass is 19.1. The maximum absolute atomic E-state index is 13.9. The van der Waals surface area contributed by atoms with Crippen LogP contribution in [-0.2, 0) is 9.53 Å². The second-order valence-electron chi connectivity index (χ2n) is 8.48. The molecule has 5 heteroatoms. The average molecular weight is 390 g/mol. The van der Waals surface area contributed by atoms with Crippen molar-refractivity contribution in [2.45, 2.75) is 47.1 Å². The van der Waals surface area contributed by atoms with Crippen LogP contribution >= 0.6 is 0 Å². The fraction of sp³-hybridized carbons (Fsp3) is 0.435. The molecule has 0 aliphatic carbocycles. The summed E-state index contributed by atoms with van der Waals surface area (Å²) in [5, 5.41) is 0. The topological polar surface area (TPSA) is 35.5 Å². The van der Waals surface area contributed by atoms with Gasteiger partial charge in [0.15, 0.2) is 5.60 Å². The molecule has 0 fully saturated rings. The summed E-state index contributed by atoms with van der Waals surface area (Å²) in [5.41, 5.74) is -0.422. The number of carbonyl (C=O) groups excluding carboxylic acids is 1. The van der Waals surface area contributed by atoms with Crippen LogP contribution in [0.25, 0.3) is 11.1 Å². The first-order chi connectivity index (χ1) is 12.9. The minimum absolute atomic E-state index is 0.132. The summed E-state index contributed by atoms with van der Waals surface area (Å²) in [6.07, 6.45) is 0. The number of esters is 1. The van der Waals surface area contributed by atoms with Gasteiger partial charge in [-0.05, 0) is 49.6 Å². The minimum atomic E-state index is -1.17. The van der Waals surface area contributed by atoms with Crippen molar-refractivity contribution in [3.63, 3.8) is 0 Å². The van der Waals surface area contributed by atoms with Crippen molar-refractivity contribution in [3.8, 4) is 16.9 Å². The third-order valence-electron chi connectivity index (χ3n) is 5.10. The number of hydrogen-bond acceptors (Lipinski definition) is 3. The lowest BCUT2D eigenvalue weighted by Crippen LogP contribution is -2.41. The maximum Gasteiger partial charge on any atom is 0.349 e. The van der Waals surface area contributed by atoms with Gasteiger partial charge in [-0.15, -0.1) is 0 Å². The molecule has 0 aromatic heterocycles. The van der Waals surface area contributed by atoms with Gasteiger partial charge in [-0.1, -0.05) is 39.8 Å². The highest BCUT2D eigenvalue weighted by Crippen LogP contribution is 2.29. The summed E-state index contributed by atoms with van der Waals surface area (Å²) in [6, 6.07) is 10.1. The SMILES string of the molecule is CC(C)C(C)(C)COC(=O)C(C)(C)Oc1ccc(-c2ccc(F)cc2F)cc1. The predicted octanol–water partition coefficient (Wildman–Crippen LogP) is 6.01. The molecule has 2 aromatic rings. The Morgan fingerprint density at radius 3 is 2.14 bits per heavy atom. The molecule has 0 saturated heterocycles. The first-order valence-corrected chi connectivity index (χ1v) is 9.34. The van der Waals surface area contributed by atoms with Crippen LogP contribution in [0.5, 0.6) is 5.75 Å². The van der Waals surface area contributed by atoms with Crippen LogP contribution < -0.4 is 4.74 Å². The van der Waals surface area contributed by atoms with Crippen molar-refractivity contribution < 1.29 is 23.0 Å². The highest BCUT2D eigenvalue weighted by molar-refractivity contribution is 5.79. The zero-order valence-electron chi connectivity index (χ0n) is 17.3. The molecule has 3 nitrogen and oxygen atoms in total. The lowest BCUT2D eigenvalue weighted by atomic mass is 9.82. The van der Waals surface area contributed by atoms with Crippen LogP contribution in [0.1, 0.15) is 41.5 Å². The van der Waals surface area contributed by atoms with Crippen molar-refractivity contribution in [1.29, 1.82) is 0 Å². The number of benzene rings is 2. The predicted molar refractivity (Wildman–Crippen MR) is 106 cm³/mol. The fourth-order valence-electron chi connectivity index (χ4n) is 2.35. The third kappa shape index (κ3) is 5.31. The minimum Gasteiger partial charge on any atom is -0.476 e. The van der Waals surface area contributed by atoms with Gasteiger partial charge in [-0.25, -0.2) is 13.6 Å². The number of ether oxygens (including phenoxy) is 2. The Labute approximate surface area is 165 Å². The summed E-state index contributed by atoms with van der Waals surface area (Å²) >= 11 is 0. The molecule has 0 bridgehead atoms. The Morgan fingerprint density at radius 2 is 1.61 bits per heavy atom. The number of hydrogen-bond donors (Lipinski definition) is 0. The van der Waals surface area contributed by atoms with E-state index in [2.05, 4.69) is 13.8 Å². The normalized spacial score (nSPS) is 12.2. The molecule has 0 saturated carbocycles. The highest BCUT2D eigenvalue weighted by Gasteiger charge is 2.34. The standard InChI is InChI=1S/C23H28F2O3/c1-15(2)22(3,4)14-27-21(26)23(5,6)28-18-10-7-16(8-11-18)19-12-9-17(24)13-20(19)25/h7-13,15H,14H2,1-6H3. The molecule has 2 aromatic carbocycles. The molecule has 0 amide bonds. The Balaban J connectivity index is 2.06. The smallest absolute Gasteiger partial charge is 0.349 e. The lowest BCUT2D eigenvalue weighted by molar-refractivity contribution is -0.163. The largest absolute Gasteiger partial charge is 0.476 e. The average Bonchev–Trinajstić information content (AvgIpc) is 2.60. The molecular formula is C23H28F2O3. The van der Waals surface area contributed by atoms with Gasteiger partial charge in [0.2, 0.25) is 0 Å². The summed E-state index contributed by atoms with van der Waals surface area (Å²) in [4.78, 5) is 12.5. The van der Waals surface area contributed by atoms with E-state index in [4.69, 9.17) is 9.47 Å². The number of halogens is 2. The molecule has 0 N–H and O–H groups in total. The Bertz CT molecular complexity index is 824. The third-order valence-corrected chi connectivity index (χ3v) is 5.10. The van der Waals surface area contributed by atoms with Gasteiger partial charge in [-0.2, -0.15) is 0 Å². The number of rotatable bonds is 7. The van der Waals surface area contributed by atoms with Gasteiger partial charge in [0.1, 0.15) is 17.4 Å². The van der Waals surface area contributed by atoms with E-state index in [0.717, 1.165) is 6.07 Å². The summed E-state index contributed by atoms with van der Waals surface area (Å²) in [5.74, 6) is -0.887. The van der Waals surface area contributed by atoms with E-state index in [1.165, 1.54) is 12.1 Å². The Morgan fingerprint density at radius 1 is 1.00 bits per heavy atom. The Kier molecular flexibility index (Phi) is 6.48. The summed E-state index contributed by atoms with van der Waals surface area (Å²) < 4.78 is 38.3. The van der Waals surface area contributed by atoms with Crippen molar-refractivity contribution in [3.05, 3.63) is 54.1 Å². The molecule has 28 heavy (non-hydrogen) atoms.